The van der Waals surface area contributed by atoms with E-state index in [9.17, 15) is 4.79 Å². The monoisotopic (exact) mass is 346 g/mol. The summed E-state index contributed by atoms with van der Waals surface area (Å²) in [4.78, 5) is 21.5. The van der Waals surface area contributed by atoms with E-state index in [1.165, 1.54) is 25.7 Å². The number of amides is 1. The highest BCUT2D eigenvalue weighted by atomic mass is 16.5. The van der Waals surface area contributed by atoms with Gasteiger partial charge in [0.25, 0.3) is 0 Å². The zero-order valence-corrected chi connectivity index (χ0v) is 15.6. The largest absolute Gasteiger partial charge is 0.388 e. The smallest absolute Gasteiger partial charge is 0.236 e. The van der Waals surface area contributed by atoms with E-state index in [0.717, 1.165) is 17.1 Å². The first-order valence-electron chi connectivity index (χ1n) is 9.33. The average Bonchev–Trinajstić information content (AvgIpc) is 3.16. The minimum Gasteiger partial charge on any atom is -0.388 e. The average molecular weight is 346 g/mol. The molecule has 25 heavy (non-hydrogen) atoms. The Labute approximate surface area is 150 Å². The summed E-state index contributed by atoms with van der Waals surface area (Å²) < 4.78 is 5.91. The molecule has 1 atom stereocenters. The van der Waals surface area contributed by atoms with Gasteiger partial charge in [-0.2, -0.15) is 0 Å². The number of carbonyl (C=O) groups is 1. The van der Waals surface area contributed by atoms with Crippen molar-refractivity contribution in [3.05, 3.63) is 23.5 Å². The van der Waals surface area contributed by atoms with Gasteiger partial charge in [0.05, 0.1) is 25.4 Å². The fourth-order valence-corrected chi connectivity index (χ4v) is 3.85. The summed E-state index contributed by atoms with van der Waals surface area (Å²) in [5.74, 6) is 0.198. The van der Waals surface area contributed by atoms with Gasteiger partial charge in [-0.15, -0.1) is 0 Å². The van der Waals surface area contributed by atoms with E-state index in [2.05, 4.69) is 22.2 Å². The standard InChI is InChI=1S/C19H30N4O2/c1-14-10-15(20-2)11-17(21-14)18-12-23(8-9-25-18)19(24)13-22(3)16-6-4-5-7-16/h10-11,16,18H,4-9,12-13H2,1-3H3,(H,20,21)/t18-/m0/s1. The molecule has 138 valence electrons. The summed E-state index contributed by atoms with van der Waals surface area (Å²) in [7, 11) is 3.97. The second kappa shape index (κ2) is 8.15. The molecule has 1 saturated carbocycles. The van der Waals surface area contributed by atoms with Crippen LogP contribution in [-0.2, 0) is 9.53 Å². The Hall–Kier alpha value is -1.66. The summed E-state index contributed by atoms with van der Waals surface area (Å²) in [6.45, 7) is 4.29. The fraction of sp³-hybridized carbons (Fsp3) is 0.684. The number of ether oxygens (including phenoxy) is 1. The zero-order chi connectivity index (χ0) is 17.8. The van der Waals surface area contributed by atoms with Crippen LogP contribution in [0.5, 0.6) is 0 Å². The highest BCUT2D eigenvalue weighted by Crippen LogP contribution is 2.25. The lowest BCUT2D eigenvalue weighted by Gasteiger charge is -2.34. The summed E-state index contributed by atoms with van der Waals surface area (Å²) in [5, 5.41) is 3.16. The number of nitrogens with zero attached hydrogens (tertiary/aromatic N) is 3. The summed E-state index contributed by atoms with van der Waals surface area (Å²) in [6.07, 6.45) is 4.86. The van der Waals surface area contributed by atoms with Crippen molar-refractivity contribution in [2.75, 3.05) is 45.7 Å². The maximum atomic E-state index is 12.7. The van der Waals surface area contributed by atoms with Gasteiger partial charge in [0.15, 0.2) is 0 Å². The van der Waals surface area contributed by atoms with Crippen molar-refractivity contribution in [2.45, 2.75) is 44.8 Å². The van der Waals surface area contributed by atoms with Crippen LogP contribution in [0.15, 0.2) is 12.1 Å². The van der Waals surface area contributed by atoms with Crippen molar-refractivity contribution in [1.82, 2.24) is 14.8 Å². The van der Waals surface area contributed by atoms with E-state index in [0.29, 0.717) is 32.3 Å². The first kappa shape index (κ1) is 18.1. The lowest BCUT2D eigenvalue weighted by Crippen LogP contribution is -2.47. The normalized spacial score (nSPS) is 21.8. The van der Waals surface area contributed by atoms with Crippen molar-refractivity contribution < 1.29 is 9.53 Å². The second-order valence-electron chi connectivity index (χ2n) is 7.22. The van der Waals surface area contributed by atoms with E-state index in [1.54, 1.807) is 0 Å². The van der Waals surface area contributed by atoms with Crippen LogP contribution in [-0.4, -0.2) is 67.1 Å². The molecule has 2 fully saturated rings. The van der Waals surface area contributed by atoms with Crippen molar-refractivity contribution in [3.63, 3.8) is 0 Å². The van der Waals surface area contributed by atoms with Gasteiger partial charge in [0.1, 0.15) is 6.10 Å². The van der Waals surface area contributed by atoms with Gasteiger partial charge in [-0.1, -0.05) is 12.8 Å². The quantitative estimate of drug-likeness (QED) is 0.886. The van der Waals surface area contributed by atoms with Gasteiger partial charge in [0.2, 0.25) is 5.91 Å². The van der Waals surface area contributed by atoms with Gasteiger partial charge in [0, 0.05) is 31.0 Å². The molecule has 1 aromatic heterocycles. The van der Waals surface area contributed by atoms with Crippen LogP contribution >= 0.6 is 0 Å². The Kier molecular flexibility index (Phi) is 5.91. The van der Waals surface area contributed by atoms with Gasteiger partial charge in [-0.05, 0) is 38.9 Å². The molecule has 0 spiro atoms. The Bertz CT molecular complexity index is 601. The molecule has 2 heterocycles. The number of aromatic nitrogens is 1. The summed E-state index contributed by atoms with van der Waals surface area (Å²) in [6, 6.07) is 4.58. The minimum absolute atomic E-state index is 0.151. The molecule has 0 aromatic carbocycles. The number of rotatable bonds is 5. The lowest BCUT2D eigenvalue weighted by atomic mass is 10.1. The van der Waals surface area contributed by atoms with Gasteiger partial charge in [-0.3, -0.25) is 14.7 Å². The molecule has 1 aliphatic carbocycles. The molecule has 0 unspecified atom stereocenters. The molecule has 1 aromatic rings. The summed E-state index contributed by atoms with van der Waals surface area (Å²) in [5.41, 5.74) is 2.87. The Morgan fingerprint density at radius 2 is 2.16 bits per heavy atom. The highest BCUT2D eigenvalue weighted by Gasteiger charge is 2.29. The molecule has 3 rings (SSSR count). The van der Waals surface area contributed by atoms with Gasteiger partial charge >= 0.3 is 0 Å². The van der Waals surface area contributed by atoms with Gasteiger partial charge in [-0.25, -0.2) is 0 Å². The number of hydrogen-bond donors (Lipinski definition) is 1. The predicted octanol–water partition coefficient (Wildman–Crippen LogP) is 2.21. The van der Waals surface area contributed by atoms with Gasteiger partial charge < -0.3 is 15.0 Å². The van der Waals surface area contributed by atoms with Crippen molar-refractivity contribution in [3.8, 4) is 0 Å². The number of pyridine rings is 1. The van der Waals surface area contributed by atoms with Crippen molar-refractivity contribution in [1.29, 1.82) is 0 Å². The maximum Gasteiger partial charge on any atom is 0.236 e. The molecular weight excluding hydrogens is 316 g/mol. The van der Waals surface area contributed by atoms with Crippen LogP contribution in [0.2, 0.25) is 0 Å². The number of morpholine rings is 1. The SMILES string of the molecule is CNc1cc(C)nc([C@@H]2CN(C(=O)CN(C)C3CCCC3)CCO2)c1. The molecule has 6 nitrogen and oxygen atoms in total. The highest BCUT2D eigenvalue weighted by molar-refractivity contribution is 5.78. The van der Waals surface area contributed by atoms with E-state index < -0.39 is 0 Å². The minimum atomic E-state index is -0.151. The third kappa shape index (κ3) is 4.50. The number of nitrogens with one attached hydrogen (secondary N) is 1. The lowest BCUT2D eigenvalue weighted by molar-refractivity contribution is -0.140. The Morgan fingerprint density at radius 1 is 1.40 bits per heavy atom. The van der Waals surface area contributed by atoms with Crippen LogP contribution in [0.25, 0.3) is 0 Å². The number of aryl methyl sites for hydroxylation is 1. The molecular formula is C19H30N4O2. The molecule has 1 saturated heterocycles. The van der Waals surface area contributed by atoms with Crippen LogP contribution in [0.1, 0.15) is 43.2 Å². The topological polar surface area (TPSA) is 57.7 Å². The molecule has 0 bridgehead atoms. The van der Waals surface area contributed by atoms with Crippen LogP contribution in [0.4, 0.5) is 5.69 Å². The van der Waals surface area contributed by atoms with Crippen LogP contribution in [0, 0.1) is 6.92 Å². The van der Waals surface area contributed by atoms with Crippen molar-refractivity contribution >= 4 is 11.6 Å². The predicted molar refractivity (Wildman–Crippen MR) is 98.7 cm³/mol. The van der Waals surface area contributed by atoms with E-state index >= 15 is 0 Å². The second-order valence-corrected chi connectivity index (χ2v) is 7.22. The van der Waals surface area contributed by atoms with E-state index in [4.69, 9.17) is 4.74 Å². The van der Waals surface area contributed by atoms with Crippen LogP contribution in [0.3, 0.4) is 0 Å². The Balaban J connectivity index is 1.62. The number of hydrogen-bond acceptors (Lipinski definition) is 5. The Morgan fingerprint density at radius 3 is 2.88 bits per heavy atom. The third-order valence-corrected chi connectivity index (χ3v) is 5.34. The summed E-state index contributed by atoms with van der Waals surface area (Å²) >= 11 is 0. The van der Waals surface area contributed by atoms with Crippen LogP contribution < -0.4 is 5.32 Å². The molecule has 1 amide bonds. The number of carbonyl (C=O) groups excluding carboxylic acids is 1. The first-order valence-corrected chi connectivity index (χ1v) is 9.33. The first-order chi connectivity index (χ1) is 12.1. The molecule has 2 aliphatic rings. The molecule has 1 N–H and O–H groups in total. The number of anilines is 1. The van der Waals surface area contributed by atoms with E-state index in [1.807, 2.05) is 31.0 Å². The van der Waals surface area contributed by atoms with E-state index in [-0.39, 0.29) is 12.0 Å². The number of likely N-dealkylation sites (N-methyl/N-ethyl adjacent to an activating group) is 1. The third-order valence-electron chi connectivity index (χ3n) is 5.34. The molecule has 1 aliphatic heterocycles. The zero-order valence-electron chi connectivity index (χ0n) is 15.6. The molecule has 6 heteroatoms. The maximum absolute atomic E-state index is 12.7. The fourth-order valence-electron chi connectivity index (χ4n) is 3.85. The van der Waals surface area contributed by atoms with Crippen molar-refractivity contribution in [2.24, 2.45) is 0 Å². The molecule has 0 radical (unpaired) electrons.